The highest BCUT2D eigenvalue weighted by Gasteiger charge is 2.45. The standard InChI is InChI=1S/C26H31N7O3/c1-16-20-12-28-25(31-23(20)33(19-5-10-36-14-19)24(35)22(16)17(2)34)30-21-4-3-18(11-27-21)13-32-9-8-29-26(15-32)6-7-26/h3-4,11-12,19,29H,5-10,13-15H2,1-2H3,(H,27,28,30,31)/t19-/m0/s1. The molecule has 0 unspecified atom stereocenters. The second-order valence-electron chi connectivity index (χ2n) is 10.3. The van der Waals surface area contributed by atoms with Gasteiger partial charge in [-0.05, 0) is 50.3 Å². The minimum absolute atomic E-state index is 0.168. The zero-order chi connectivity index (χ0) is 24.9. The molecule has 6 rings (SSSR count). The summed E-state index contributed by atoms with van der Waals surface area (Å²) in [6.45, 7) is 8.25. The van der Waals surface area contributed by atoms with Gasteiger partial charge in [-0.1, -0.05) is 6.07 Å². The summed E-state index contributed by atoms with van der Waals surface area (Å²) < 4.78 is 7.14. The van der Waals surface area contributed by atoms with Gasteiger partial charge in [0.1, 0.15) is 11.5 Å². The van der Waals surface area contributed by atoms with Crippen molar-refractivity contribution in [3.8, 4) is 0 Å². The molecule has 3 aliphatic rings. The maximum absolute atomic E-state index is 13.3. The van der Waals surface area contributed by atoms with Crippen LogP contribution in [0.2, 0.25) is 0 Å². The first-order chi connectivity index (χ1) is 17.4. The van der Waals surface area contributed by atoms with E-state index in [1.54, 1.807) is 17.7 Å². The Morgan fingerprint density at radius 2 is 2.14 bits per heavy atom. The quantitative estimate of drug-likeness (QED) is 0.504. The van der Waals surface area contributed by atoms with Gasteiger partial charge in [-0.3, -0.25) is 19.1 Å². The van der Waals surface area contributed by atoms with Gasteiger partial charge in [-0.25, -0.2) is 9.97 Å². The fourth-order valence-electron chi connectivity index (χ4n) is 5.50. The topological polar surface area (TPSA) is 114 Å². The van der Waals surface area contributed by atoms with Gasteiger partial charge in [0.25, 0.3) is 5.56 Å². The van der Waals surface area contributed by atoms with Crippen LogP contribution in [0.15, 0.2) is 29.3 Å². The van der Waals surface area contributed by atoms with Crippen LogP contribution < -0.4 is 16.2 Å². The molecule has 3 aromatic rings. The number of nitrogens with zero attached hydrogens (tertiary/aromatic N) is 5. The first-order valence-electron chi connectivity index (χ1n) is 12.6. The summed E-state index contributed by atoms with van der Waals surface area (Å²) in [6.07, 6.45) is 6.80. The Morgan fingerprint density at radius 1 is 1.28 bits per heavy atom. The van der Waals surface area contributed by atoms with Crippen molar-refractivity contribution < 1.29 is 9.53 Å². The minimum atomic E-state index is -0.323. The summed E-state index contributed by atoms with van der Waals surface area (Å²) in [7, 11) is 0. The van der Waals surface area contributed by atoms with E-state index in [2.05, 4.69) is 31.6 Å². The first kappa shape index (κ1) is 23.2. The van der Waals surface area contributed by atoms with Crippen LogP contribution in [-0.2, 0) is 11.3 Å². The van der Waals surface area contributed by atoms with Crippen molar-refractivity contribution in [2.45, 2.75) is 51.2 Å². The van der Waals surface area contributed by atoms with Crippen molar-refractivity contribution >= 4 is 28.6 Å². The summed E-state index contributed by atoms with van der Waals surface area (Å²) in [5, 5.41) is 7.50. The molecule has 2 N–H and O–H groups in total. The van der Waals surface area contributed by atoms with Crippen molar-refractivity contribution in [1.82, 2.24) is 29.7 Å². The van der Waals surface area contributed by atoms with Crippen LogP contribution in [-0.4, -0.2) is 68.6 Å². The normalized spacial score (nSPS) is 21.2. The summed E-state index contributed by atoms with van der Waals surface area (Å²) >= 11 is 0. The number of hydrogen-bond acceptors (Lipinski definition) is 9. The minimum Gasteiger partial charge on any atom is -0.379 e. The number of Topliss-reactive ketones (excluding diaryl/α,β-unsaturated/α-hetero) is 1. The van der Waals surface area contributed by atoms with Crippen LogP contribution in [0.5, 0.6) is 0 Å². The zero-order valence-corrected chi connectivity index (χ0v) is 20.7. The second kappa shape index (κ2) is 9.02. The van der Waals surface area contributed by atoms with Gasteiger partial charge in [0.15, 0.2) is 5.78 Å². The Balaban J connectivity index is 1.26. The van der Waals surface area contributed by atoms with Gasteiger partial charge in [0.2, 0.25) is 5.95 Å². The van der Waals surface area contributed by atoms with Gasteiger partial charge >= 0.3 is 0 Å². The van der Waals surface area contributed by atoms with Gasteiger partial charge in [-0.2, -0.15) is 4.98 Å². The molecule has 1 aliphatic carbocycles. The van der Waals surface area contributed by atoms with Crippen LogP contribution in [0.25, 0.3) is 11.0 Å². The Kier molecular flexibility index (Phi) is 5.82. The average molecular weight is 490 g/mol. The average Bonchev–Trinajstić information content (AvgIpc) is 3.36. The van der Waals surface area contributed by atoms with Crippen LogP contribution in [0.3, 0.4) is 0 Å². The molecule has 3 fully saturated rings. The number of carbonyl (C=O) groups excluding carboxylic acids is 1. The Hall–Kier alpha value is -3.21. The number of rotatable bonds is 6. The van der Waals surface area contributed by atoms with E-state index in [0.717, 1.165) is 26.2 Å². The lowest BCUT2D eigenvalue weighted by Gasteiger charge is -2.33. The fraction of sp³-hybridized carbons (Fsp3) is 0.500. The van der Waals surface area contributed by atoms with Crippen LogP contribution in [0, 0.1) is 6.92 Å². The lowest BCUT2D eigenvalue weighted by Crippen LogP contribution is -2.51. The molecule has 0 bridgehead atoms. The molecule has 0 amide bonds. The molecular formula is C26H31N7O3. The molecule has 36 heavy (non-hydrogen) atoms. The molecule has 1 spiro atoms. The molecule has 3 aromatic heterocycles. The van der Waals surface area contributed by atoms with E-state index in [0.29, 0.717) is 53.5 Å². The van der Waals surface area contributed by atoms with Gasteiger partial charge in [0, 0.05) is 56.1 Å². The lowest BCUT2D eigenvalue weighted by atomic mass is 10.0. The van der Waals surface area contributed by atoms with Gasteiger partial charge < -0.3 is 15.4 Å². The third kappa shape index (κ3) is 4.29. The SMILES string of the molecule is CC(=O)c1c(C)c2cnc(Nc3ccc(CN4CCNC5(CC5)C4)cn3)nc2n([C@H]2CCOC2)c1=O. The van der Waals surface area contributed by atoms with E-state index < -0.39 is 0 Å². The van der Waals surface area contributed by atoms with Crippen molar-refractivity contribution in [1.29, 1.82) is 0 Å². The number of ether oxygens (including phenoxy) is 1. The maximum atomic E-state index is 13.3. The van der Waals surface area contributed by atoms with Gasteiger partial charge in [0.05, 0.1) is 18.2 Å². The van der Waals surface area contributed by atoms with E-state index >= 15 is 0 Å². The van der Waals surface area contributed by atoms with Crippen LogP contribution >= 0.6 is 0 Å². The highest BCUT2D eigenvalue weighted by molar-refractivity contribution is 5.99. The van der Waals surface area contributed by atoms with Crippen molar-refractivity contribution in [2.24, 2.45) is 0 Å². The molecular weight excluding hydrogens is 458 g/mol. The molecule has 188 valence electrons. The number of aryl methyl sites for hydroxylation is 1. The molecule has 0 radical (unpaired) electrons. The Labute approximate surface area is 209 Å². The molecule has 1 atom stereocenters. The van der Waals surface area contributed by atoms with Crippen LogP contribution in [0.1, 0.15) is 53.7 Å². The third-order valence-electron chi connectivity index (χ3n) is 7.61. The smallest absolute Gasteiger partial charge is 0.263 e. The molecule has 10 nitrogen and oxygen atoms in total. The number of piperazine rings is 1. The van der Waals surface area contributed by atoms with Gasteiger partial charge in [-0.15, -0.1) is 0 Å². The monoisotopic (exact) mass is 489 g/mol. The highest BCUT2D eigenvalue weighted by atomic mass is 16.5. The maximum Gasteiger partial charge on any atom is 0.263 e. The Bertz CT molecular complexity index is 1380. The predicted molar refractivity (Wildman–Crippen MR) is 136 cm³/mol. The highest BCUT2D eigenvalue weighted by Crippen LogP contribution is 2.37. The fourth-order valence-corrected chi connectivity index (χ4v) is 5.50. The van der Waals surface area contributed by atoms with E-state index in [1.165, 1.54) is 25.3 Å². The summed E-state index contributed by atoms with van der Waals surface area (Å²) in [5.41, 5.74) is 2.49. The molecule has 5 heterocycles. The van der Waals surface area contributed by atoms with Crippen LogP contribution in [0.4, 0.5) is 11.8 Å². The number of carbonyl (C=O) groups is 1. The number of anilines is 2. The second-order valence-corrected chi connectivity index (χ2v) is 10.3. The van der Waals surface area contributed by atoms with E-state index in [-0.39, 0.29) is 22.9 Å². The number of nitrogens with one attached hydrogen (secondary N) is 2. The predicted octanol–water partition coefficient (Wildman–Crippen LogP) is 2.34. The van der Waals surface area contributed by atoms with Crippen molar-refractivity contribution in [3.63, 3.8) is 0 Å². The van der Waals surface area contributed by atoms with Crippen molar-refractivity contribution in [2.75, 3.05) is 38.2 Å². The molecule has 2 aliphatic heterocycles. The summed E-state index contributed by atoms with van der Waals surface area (Å²) in [6, 6.07) is 3.84. The lowest BCUT2D eigenvalue weighted by molar-refractivity contribution is 0.101. The van der Waals surface area contributed by atoms with Crippen molar-refractivity contribution in [3.05, 3.63) is 51.6 Å². The van der Waals surface area contributed by atoms with E-state index in [4.69, 9.17) is 9.72 Å². The first-order valence-corrected chi connectivity index (χ1v) is 12.6. The molecule has 0 aromatic carbocycles. The number of aromatic nitrogens is 4. The van der Waals surface area contributed by atoms with E-state index in [9.17, 15) is 9.59 Å². The summed E-state index contributed by atoms with van der Waals surface area (Å²) in [5.74, 6) is 0.724. The number of ketones is 1. The third-order valence-corrected chi connectivity index (χ3v) is 7.61. The largest absolute Gasteiger partial charge is 0.379 e. The van der Waals surface area contributed by atoms with E-state index in [1.807, 2.05) is 12.3 Å². The number of fused-ring (bicyclic) bond motifs is 1. The number of pyridine rings is 2. The summed E-state index contributed by atoms with van der Waals surface area (Å²) in [4.78, 5) is 41.8. The molecule has 1 saturated carbocycles. The molecule has 2 saturated heterocycles. The number of hydrogen-bond donors (Lipinski definition) is 2. The Morgan fingerprint density at radius 3 is 2.83 bits per heavy atom. The molecule has 10 heteroatoms. The zero-order valence-electron chi connectivity index (χ0n) is 20.7.